The summed E-state index contributed by atoms with van der Waals surface area (Å²) in [4.78, 5) is 17.1. The summed E-state index contributed by atoms with van der Waals surface area (Å²) in [5.41, 5.74) is 2.53. The van der Waals surface area contributed by atoms with E-state index in [0.29, 0.717) is 12.2 Å². The predicted molar refractivity (Wildman–Crippen MR) is 89.3 cm³/mol. The van der Waals surface area contributed by atoms with Crippen LogP contribution in [0.25, 0.3) is 10.4 Å². The predicted octanol–water partition coefficient (Wildman–Crippen LogP) is 2.53. The van der Waals surface area contributed by atoms with Gasteiger partial charge in [0, 0.05) is 25.5 Å². The molecule has 1 amide bonds. The van der Waals surface area contributed by atoms with E-state index in [1.165, 1.54) is 17.1 Å². The summed E-state index contributed by atoms with van der Waals surface area (Å²) in [5.74, 6) is -0.181. The maximum absolute atomic E-state index is 12.3. The van der Waals surface area contributed by atoms with Crippen LogP contribution in [0.15, 0.2) is 43.0 Å². The van der Waals surface area contributed by atoms with Crippen LogP contribution in [-0.4, -0.2) is 31.6 Å². The molecule has 0 unspecified atom stereocenters. The molecule has 0 aliphatic rings. The number of benzene rings is 1. The first-order valence-corrected chi connectivity index (χ1v) is 8.15. The molecule has 2 aromatic heterocycles. The van der Waals surface area contributed by atoms with Gasteiger partial charge in [0.1, 0.15) is 0 Å². The lowest BCUT2D eigenvalue weighted by Gasteiger charge is -2.05. The highest BCUT2D eigenvalue weighted by Gasteiger charge is 2.17. The van der Waals surface area contributed by atoms with Crippen molar-refractivity contribution in [2.75, 3.05) is 6.54 Å². The van der Waals surface area contributed by atoms with E-state index in [1.54, 1.807) is 12.5 Å². The number of aromatic nitrogens is 4. The Morgan fingerprint density at radius 2 is 2.13 bits per heavy atom. The third-order valence-corrected chi connectivity index (χ3v) is 4.23. The van der Waals surface area contributed by atoms with Gasteiger partial charge in [-0.05, 0) is 30.4 Å². The minimum Gasteiger partial charge on any atom is -0.351 e. The molecule has 0 saturated heterocycles. The van der Waals surface area contributed by atoms with Crippen LogP contribution in [-0.2, 0) is 6.54 Å². The standard InChI is InChI=1S/C16H17N5OS/c1-12-3-5-13(6-4-12)15-14(19-20-23-15)16(22)18-7-2-9-21-10-8-17-11-21/h3-6,8,10-11H,2,7,9H2,1H3,(H,18,22). The van der Waals surface area contributed by atoms with Gasteiger partial charge in [-0.1, -0.05) is 34.3 Å². The summed E-state index contributed by atoms with van der Waals surface area (Å²) in [5, 5.41) is 6.89. The third-order valence-electron chi connectivity index (χ3n) is 3.45. The molecule has 0 saturated carbocycles. The minimum absolute atomic E-state index is 0.181. The Labute approximate surface area is 138 Å². The van der Waals surface area contributed by atoms with Crippen LogP contribution < -0.4 is 5.32 Å². The van der Waals surface area contributed by atoms with Gasteiger partial charge in [-0.25, -0.2) is 4.98 Å². The monoisotopic (exact) mass is 327 g/mol. The number of hydrogen-bond donors (Lipinski definition) is 1. The molecule has 3 aromatic rings. The minimum atomic E-state index is -0.181. The number of hydrogen-bond acceptors (Lipinski definition) is 5. The summed E-state index contributed by atoms with van der Waals surface area (Å²) in [6.07, 6.45) is 6.25. The number of carbonyl (C=O) groups excluding carboxylic acids is 1. The molecular formula is C16H17N5OS. The fourth-order valence-corrected chi connectivity index (χ4v) is 2.87. The van der Waals surface area contributed by atoms with Gasteiger partial charge < -0.3 is 9.88 Å². The first kappa shape index (κ1) is 15.4. The quantitative estimate of drug-likeness (QED) is 0.706. The molecule has 0 aliphatic heterocycles. The number of nitrogens with one attached hydrogen (secondary N) is 1. The van der Waals surface area contributed by atoms with E-state index in [0.717, 1.165) is 23.4 Å². The second-order valence-corrected chi connectivity index (χ2v) is 5.98. The van der Waals surface area contributed by atoms with E-state index >= 15 is 0 Å². The maximum Gasteiger partial charge on any atom is 0.273 e. The van der Waals surface area contributed by atoms with E-state index in [9.17, 15) is 4.79 Å². The van der Waals surface area contributed by atoms with E-state index in [1.807, 2.05) is 42.0 Å². The van der Waals surface area contributed by atoms with Gasteiger partial charge in [0.25, 0.3) is 5.91 Å². The van der Waals surface area contributed by atoms with Crippen LogP contribution >= 0.6 is 11.5 Å². The van der Waals surface area contributed by atoms with E-state index in [2.05, 4.69) is 19.9 Å². The Kier molecular flexibility index (Phi) is 4.77. The number of carbonyl (C=O) groups is 1. The van der Waals surface area contributed by atoms with Crippen LogP contribution in [0.4, 0.5) is 0 Å². The van der Waals surface area contributed by atoms with Crippen molar-refractivity contribution in [3.05, 3.63) is 54.2 Å². The summed E-state index contributed by atoms with van der Waals surface area (Å²) in [7, 11) is 0. The topological polar surface area (TPSA) is 72.7 Å². The van der Waals surface area contributed by atoms with Crippen molar-refractivity contribution < 1.29 is 4.79 Å². The van der Waals surface area contributed by atoms with Crippen LogP contribution in [0.3, 0.4) is 0 Å². The number of amides is 1. The molecule has 23 heavy (non-hydrogen) atoms. The molecular weight excluding hydrogens is 310 g/mol. The Morgan fingerprint density at radius 1 is 1.30 bits per heavy atom. The molecule has 0 fully saturated rings. The summed E-state index contributed by atoms with van der Waals surface area (Å²) >= 11 is 1.24. The van der Waals surface area contributed by atoms with Gasteiger partial charge in [-0.2, -0.15) is 0 Å². The molecule has 7 heteroatoms. The third kappa shape index (κ3) is 3.81. The molecule has 1 aromatic carbocycles. The van der Waals surface area contributed by atoms with E-state index in [4.69, 9.17) is 0 Å². The van der Waals surface area contributed by atoms with Gasteiger partial charge in [-0.3, -0.25) is 4.79 Å². The lowest BCUT2D eigenvalue weighted by molar-refractivity contribution is 0.0948. The lowest BCUT2D eigenvalue weighted by atomic mass is 10.1. The van der Waals surface area contributed by atoms with Crippen LogP contribution in [0, 0.1) is 6.92 Å². The number of aryl methyl sites for hydroxylation is 2. The van der Waals surface area contributed by atoms with Crippen molar-refractivity contribution in [1.82, 2.24) is 24.5 Å². The normalized spacial score (nSPS) is 10.7. The van der Waals surface area contributed by atoms with Crippen LogP contribution in [0.5, 0.6) is 0 Å². The molecule has 2 heterocycles. The van der Waals surface area contributed by atoms with E-state index < -0.39 is 0 Å². The zero-order chi connectivity index (χ0) is 16.1. The van der Waals surface area contributed by atoms with Crippen LogP contribution in [0.2, 0.25) is 0 Å². The van der Waals surface area contributed by atoms with Crippen molar-refractivity contribution in [2.45, 2.75) is 19.9 Å². The Hall–Kier alpha value is -2.54. The molecule has 1 N–H and O–H groups in total. The van der Waals surface area contributed by atoms with Crippen molar-refractivity contribution >= 4 is 17.4 Å². The molecule has 118 valence electrons. The van der Waals surface area contributed by atoms with Gasteiger partial charge in [0.15, 0.2) is 5.69 Å². The van der Waals surface area contributed by atoms with Crippen molar-refractivity contribution in [3.8, 4) is 10.4 Å². The Balaban J connectivity index is 1.59. The number of imidazole rings is 1. The second-order valence-electron chi connectivity index (χ2n) is 5.23. The average Bonchev–Trinajstić information content (AvgIpc) is 3.23. The molecule has 0 atom stereocenters. The molecule has 0 radical (unpaired) electrons. The van der Waals surface area contributed by atoms with Crippen molar-refractivity contribution in [3.63, 3.8) is 0 Å². The van der Waals surface area contributed by atoms with Gasteiger partial charge in [0.2, 0.25) is 0 Å². The van der Waals surface area contributed by atoms with Gasteiger partial charge >= 0.3 is 0 Å². The second kappa shape index (κ2) is 7.15. The number of rotatable bonds is 6. The molecule has 0 aliphatic carbocycles. The molecule has 0 bridgehead atoms. The van der Waals surface area contributed by atoms with Crippen molar-refractivity contribution in [1.29, 1.82) is 0 Å². The smallest absolute Gasteiger partial charge is 0.273 e. The van der Waals surface area contributed by atoms with Gasteiger partial charge in [0.05, 0.1) is 11.2 Å². The molecule has 6 nitrogen and oxygen atoms in total. The van der Waals surface area contributed by atoms with E-state index in [-0.39, 0.29) is 5.91 Å². The summed E-state index contributed by atoms with van der Waals surface area (Å²) in [6.45, 7) is 3.44. The van der Waals surface area contributed by atoms with Gasteiger partial charge in [-0.15, -0.1) is 5.10 Å². The zero-order valence-electron chi connectivity index (χ0n) is 12.8. The summed E-state index contributed by atoms with van der Waals surface area (Å²) in [6, 6.07) is 8.00. The highest BCUT2D eigenvalue weighted by Crippen LogP contribution is 2.26. The highest BCUT2D eigenvalue weighted by molar-refractivity contribution is 7.09. The average molecular weight is 327 g/mol. The van der Waals surface area contributed by atoms with Crippen molar-refractivity contribution in [2.24, 2.45) is 0 Å². The molecule has 3 rings (SSSR count). The maximum atomic E-state index is 12.3. The Morgan fingerprint density at radius 3 is 2.87 bits per heavy atom. The van der Waals surface area contributed by atoms with Crippen LogP contribution in [0.1, 0.15) is 22.5 Å². The fourth-order valence-electron chi connectivity index (χ4n) is 2.20. The number of nitrogens with zero attached hydrogens (tertiary/aromatic N) is 4. The zero-order valence-corrected chi connectivity index (χ0v) is 13.6. The largest absolute Gasteiger partial charge is 0.351 e. The highest BCUT2D eigenvalue weighted by atomic mass is 32.1. The summed E-state index contributed by atoms with van der Waals surface area (Å²) < 4.78 is 5.91. The Bertz CT molecular complexity index is 764. The first-order valence-electron chi connectivity index (χ1n) is 7.37. The fraction of sp³-hybridized carbons (Fsp3) is 0.250. The first-order chi connectivity index (χ1) is 11.2. The molecule has 0 spiro atoms. The lowest BCUT2D eigenvalue weighted by Crippen LogP contribution is -2.26. The SMILES string of the molecule is Cc1ccc(-c2snnc2C(=O)NCCCn2ccnc2)cc1.